The molecule has 2 aromatic heterocycles. The highest BCUT2D eigenvalue weighted by Crippen LogP contribution is 2.28. The van der Waals surface area contributed by atoms with Crippen molar-refractivity contribution in [3.63, 3.8) is 0 Å². The molecule has 3 aromatic rings. The van der Waals surface area contributed by atoms with Crippen LogP contribution in [0.1, 0.15) is 31.5 Å². The van der Waals surface area contributed by atoms with E-state index in [1.807, 2.05) is 24.4 Å². The van der Waals surface area contributed by atoms with Crippen LogP contribution in [0.3, 0.4) is 0 Å². The van der Waals surface area contributed by atoms with E-state index < -0.39 is 0 Å². The number of hydrogen-bond donors (Lipinski definition) is 3. The number of fused-ring (bicyclic) bond motifs is 1. The average molecular weight is 308 g/mol. The molecule has 23 heavy (non-hydrogen) atoms. The second kappa shape index (κ2) is 5.66. The molecule has 0 amide bonds. The van der Waals surface area contributed by atoms with Gasteiger partial charge in [-0.15, -0.1) is 0 Å². The van der Waals surface area contributed by atoms with Crippen molar-refractivity contribution in [3.05, 3.63) is 42.4 Å². The van der Waals surface area contributed by atoms with Gasteiger partial charge in [0, 0.05) is 23.2 Å². The molecule has 1 aromatic carbocycles. The van der Waals surface area contributed by atoms with Crippen LogP contribution in [0, 0.1) is 0 Å². The second-order valence-electron chi connectivity index (χ2n) is 6.34. The molecule has 0 spiro atoms. The molecule has 2 unspecified atom stereocenters. The number of nitrogens with one attached hydrogen (secondary N) is 2. The van der Waals surface area contributed by atoms with Gasteiger partial charge in [0.1, 0.15) is 11.6 Å². The van der Waals surface area contributed by atoms with Crippen LogP contribution >= 0.6 is 0 Å². The fourth-order valence-corrected chi connectivity index (χ4v) is 3.33. The zero-order valence-electron chi connectivity index (χ0n) is 13.1. The number of H-pyrrole nitrogens is 1. The number of nitrogens with zero attached hydrogens (tertiary/aromatic N) is 2. The third-order valence-corrected chi connectivity index (χ3v) is 4.53. The summed E-state index contributed by atoms with van der Waals surface area (Å²) in [6.45, 7) is 3.23. The number of piperidine rings is 1. The molecule has 0 saturated carbocycles. The Morgan fingerprint density at radius 2 is 2.17 bits per heavy atom. The number of rotatable bonds is 2. The smallest absolute Gasteiger partial charge is 0.132 e. The van der Waals surface area contributed by atoms with Gasteiger partial charge < -0.3 is 15.4 Å². The molecule has 3 heterocycles. The van der Waals surface area contributed by atoms with Gasteiger partial charge in [0.2, 0.25) is 0 Å². The zero-order chi connectivity index (χ0) is 15.8. The number of aromatic amines is 1. The molecule has 3 N–H and O–H groups in total. The van der Waals surface area contributed by atoms with Gasteiger partial charge in [0.15, 0.2) is 0 Å². The lowest BCUT2D eigenvalue weighted by atomic mass is 9.92. The third-order valence-electron chi connectivity index (χ3n) is 4.53. The Hall–Kier alpha value is -2.40. The highest BCUT2D eigenvalue weighted by atomic mass is 16.3. The Bertz CT molecular complexity index is 842. The van der Waals surface area contributed by atoms with Crippen molar-refractivity contribution < 1.29 is 5.11 Å². The van der Waals surface area contributed by atoms with Crippen LogP contribution in [0.2, 0.25) is 0 Å². The summed E-state index contributed by atoms with van der Waals surface area (Å²) in [5.74, 6) is 1.62. The molecule has 5 nitrogen and oxygen atoms in total. The zero-order valence-corrected chi connectivity index (χ0v) is 13.1. The normalized spacial score (nSPS) is 21.6. The maximum absolute atomic E-state index is 9.64. The maximum atomic E-state index is 9.64. The van der Waals surface area contributed by atoms with Crippen LogP contribution in [0.5, 0.6) is 5.75 Å². The topological polar surface area (TPSA) is 73.8 Å². The molecule has 1 aliphatic rings. The van der Waals surface area contributed by atoms with Gasteiger partial charge in [-0.3, -0.25) is 0 Å². The molecule has 1 saturated heterocycles. The summed E-state index contributed by atoms with van der Waals surface area (Å²) in [6, 6.07) is 9.76. The SMILES string of the molecule is CC1CC(c2ncc3[nH]c(-c4cccc(O)c4)cc3n2)CCN1. The van der Waals surface area contributed by atoms with E-state index in [2.05, 4.69) is 22.2 Å². The summed E-state index contributed by atoms with van der Waals surface area (Å²) in [7, 11) is 0. The fraction of sp³-hybridized carbons (Fsp3) is 0.333. The van der Waals surface area contributed by atoms with Crippen molar-refractivity contribution in [2.24, 2.45) is 0 Å². The number of phenolic OH excluding ortho intramolecular Hbond substituents is 1. The van der Waals surface area contributed by atoms with Crippen LogP contribution in [-0.2, 0) is 0 Å². The van der Waals surface area contributed by atoms with Gasteiger partial charge in [0.05, 0.1) is 17.2 Å². The van der Waals surface area contributed by atoms with Crippen LogP contribution in [0.25, 0.3) is 22.3 Å². The molecule has 0 radical (unpaired) electrons. The highest BCUT2D eigenvalue weighted by Gasteiger charge is 2.22. The van der Waals surface area contributed by atoms with E-state index >= 15 is 0 Å². The Labute approximate surface area is 134 Å². The minimum atomic E-state index is 0.261. The quantitative estimate of drug-likeness (QED) is 0.680. The van der Waals surface area contributed by atoms with Crippen molar-refractivity contribution in [1.82, 2.24) is 20.3 Å². The van der Waals surface area contributed by atoms with Gasteiger partial charge in [-0.2, -0.15) is 0 Å². The Morgan fingerprint density at radius 1 is 1.26 bits per heavy atom. The van der Waals surface area contributed by atoms with E-state index in [4.69, 9.17) is 4.98 Å². The number of hydrogen-bond acceptors (Lipinski definition) is 4. The van der Waals surface area contributed by atoms with Crippen molar-refractivity contribution >= 4 is 11.0 Å². The van der Waals surface area contributed by atoms with Gasteiger partial charge in [-0.25, -0.2) is 9.97 Å². The number of aromatic nitrogens is 3. The van der Waals surface area contributed by atoms with Gasteiger partial charge in [-0.05, 0) is 44.5 Å². The molecule has 0 bridgehead atoms. The van der Waals surface area contributed by atoms with Gasteiger partial charge in [0.25, 0.3) is 0 Å². The summed E-state index contributed by atoms with van der Waals surface area (Å²) in [5, 5.41) is 13.1. The third kappa shape index (κ3) is 2.80. The summed E-state index contributed by atoms with van der Waals surface area (Å²) in [6.07, 6.45) is 4.03. The van der Waals surface area contributed by atoms with E-state index in [0.717, 1.165) is 47.5 Å². The van der Waals surface area contributed by atoms with Gasteiger partial charge in [-0.1, -0.05) is 12.1 Å². The standard InChI is InChI=1S/C18H20N4O/c1-11-7-13(5-6-19-11)18-20-10-17-16(22-18)9-15(21-17)12-3-2-4-14(23)8-12/h2-4,8-11,13,19,21,23H,5-7H2,1H3. The molecule has 1 fully saturated rings. The summed E-state index contributed by atoms with van der Waals surface area (Å²) in [5.41, 5.74) is 3.75. The van der Waals surface area contributed by atoms with E-state index in [-0.39, 0.29) is 5.75 Å². The summed E-state index contributed by atoms with van der Waals surface area (Å²) < 4.78 is 0. The lowest BCUT2D eigenvalue weighted by molar-refractivity contribution is 0.371. The van der Waals surface area contributed by atoms with E-state index in [0.29, 0.717) is 12.0 Å². The molecule has 118 valence electrons. The second-order valence-corrected chi connectivity index (χ2v) is 6.34. The Balaban J connectivity index is 1.69. The minimum Gasteiger partial charge on any atom is -0.508 e. The first-order valence-corrected chi connectivity index (χ1v) is 8.07. The first kappa shape index (κ1) is 14.2. The van der Waals surface area contributed by atoms with Gasteiger partial charge >= 0.3 is 0 Å². The molecule has 4 rings (SSSR count). The highest BCUT2D eigenvalue weighted by molar-refractivity contribution is 5.82. The largest absolute Gasteiger partial charge is 0.508 e. The average Bonchev–Trinajstić information content (AvgIpc) is 2.98. The summed E-state index contributed by atoms with van der Waals surface area (Å²) >= 11 is 0. The van der Waals surface area contributed by atoms with Crippen LogP contribution < -0.4 is 5.32 Å². The Kier molecular flexibility index (Phi) is 3.50. The Morgan fingerprint density at radius 3 is 3.00 bits per heavy atom. The fourth-order valence-electron chi connectivity index (χ4n) is 3.33. The van der Waals surface area contributed by atoms with E-state index in [9.17, 15) is 5.11 Å². The van der Waals surface area contributed by atoms with Crippen LogP contribution in [0.4, 0.5) is 0 Å². The number of aromatic hydroxyl groups is 1. The molecular weight excluding hydrogens is 288 g/mol. The van der Waals surface area contributed by atoms with Crippen molar-refractivity contribution in [1.29, 1.82) is 0 Å². The predicted molar refractivity (Wildman–Crippen MR) is 90.4 cm³/mol. The minimum absolute atomic E-state index is 0.261. The lowest BCUT2D eigenvalue weighted by Crippen LogP contribution is -2.35. The molecular formula is C18H20N4O. The van der Waals surface area contributed by atoms with E-state index in [1.54, 1.807) is 12.1 Å². The van der Waals surface area contributed by atoms with E-state index in [1.165, 1.54) is 0 Å². The predicted octanol–water partition coefficient (Wildman–Crippen LogP) is 3.19. The molecule has 2 atom stereocenters. The first-order chi connectivity index (χ1) is 11.2. The molecule has 5 heteroatoms. The molecule has 0 aliphatic carbocycles. The van der Waals surface area contributed by atoms with Crippen LogP contribution in [-0.4, -0.2) is 32.6 Å². The number of benzene rings is 1. The van der Waals surface area contributed by atoms with Crippen LogP contribution in [0.15, 0.2) is 36.5 Å². The molecule has 1 aliphatic heterocycles. The lowest BCUT2D eigenvalue weighted by Gasteiger charge is -2.26. The summed E-state index contributed by atoms with van der Waals surface area (Å²) in [4.78, 5) is 12.7. The number of phenols is 1. The monoisotopic (exact) mass is 308 g/mol. The van der Waals surface area contributed by atoms with Crippen molar-refractivity contribution in [3.8, 4) is 17.0 Å². The van der Waals surface area contributed by atoms with Crippen molar-refractivity contribution in [2.45, 2.75) is 31.7 Å². The van der Waals surface area contributed by atoms with Crippen molar-refractivity contribution in [2.75, 3.05) is 6.54 Å². The maximum Gasteiger partial charge on any atom is 0.132 e. The first-order valence-electron chi connectivity index (χ1n) is 8.07.